The maximum Gasteiger partial charge on any atom is 0.255 e. The Balaban J connectivity index is 1.30. The van der Waals surface area contributed by atoms with Gasteiger partial charge in [0.1, 0.15) is 5.82 Å². The average molecular weight is 464 g/mol. The van der Waals surface area contributed by atoms with E-state index in [4.69, 9.17) is 0 Å². The van der Waals surface area contributed by atoms with Crippen molar-refractivity contribution in [2.75, 3.05) is 16.0 Å². The fourth-order valence-corrected chi connectivity index (χ4v) is 3.82. The van der Waals surface area contributed by atoms with Crippen LogP contribution in [0.5, 0.6) is 0 Å². The Kier molecular flexibility index (Phi) is 6.05. The highest BCUT2D eigenvalue weighted by Gasteiger charge is 2.09. The largest absolute Gasteiger partial charge is 0.355 e. The first-order valence-corrected chi connectivity index (χ1v) is 11.0. The van der Waals surface area contributed by atoms with Gasteiger partial charge in [-0.1, -0.05) is 0 Å². The summed E-state index contributed by atoms with van der Waals surface area (Å²) >= 11 is 0. The van der Waals surface area contributed by atoms with Crippen LogP contribution in [0.3, 0.4) is 0 Å². The minimum atomic E-state index is -0.323. The van der Waals surface area contributed by atoms with Gasteiger partial charge in [0.2, 0.25) is 0 Å². The Bertz CT molecular complexity index is 1500. The summed E-state index contributed by atoms with van der Waals surface area (Å²) in [7, 11) is 0. The second-order valence-electron chi connectivity index (χ2n) is 8.13. The van der Waals surface area contributed by atoms with Crippen LogP contribution in [-0.4, -0.2) is 15.9 Å². The van der Waals surface area contributed by atoms with Crippen LogP contribution in [0.15, 0.2) is 97.5 Å². The number of carbonyl (C=O) groups excluding carboxylic acids is 1. The summed E-state index contributed by atoms with van der Waals surface area (Å²) in [5.74, 6) is -0.538. The van der Waals surface area contributed by atoms with Crippen LogP contribution in [0, 0.1) is 12.7 Å². The van der Waals surface area contributed by atoms with E-state index in [9.17, 15) is 9.18 Å². The maximum absolute atomic E-state index is 13.7. The number of fused-ring (bicyclic) bond motifs is 1. The Morgan fingerprint density at radius 2 is 1.49 bits per heavy atom. The number of nitrogens with zero attached hydrogens (tertiary/aromatic N) is 2. The fourth-order valence-electron chi connectivity index (χ4n) is 3.82. The number of hydrogen-bond acceptors (Lipinski definition) is 5. The quantitative estimate of drug-likeness (QED) is 0.258. The SMILES string of the molecule is Cc1cc(NC(=O)c2ccc(Nc3ccnc4ccc(F)cc34)cc2)cc(Nc2ccncc2)c1. The zero-order valence-electron chi connectivity index (χ0n) is 18.9. The summed E-state index contributed by atoms with van der Waals surface area (Å²) in [6, 6.07) is 22.9. The van der Waals surface area contributed by atoms with Gasteiger partial charge in [-0.15, -0.1) is 0 Å². The Morgan fingerprint density at radius 1 is 0.743 bits per heavy atom. The van der Waals surface area contributed by atoms with Crippen molar-refractivity contribution in [1.82, 2.24) is 9.97 Å². The van der Waals surface area contributed by atoms with Crippen molar-refractivity contribution in [2.45, 2.75) is 6.92 Å². The topological polar surface area (TPSA) is 78.9 Å². The first-order chi connectivity index (χ1) is 17.0. The molecule has 5 rings (SSSR count). The minimum absolute atomic E-state index is 0.214. The number of aryl methyl sites for hydroxylation is 1. The highest BCUT2D eigenvalue weighted by molar-refractivity contribution is 6.05. The number of aromatic nitrogens is 2. The van der Waals surface area contributed by atoms with Crippen LogP contribution >= 0.6 is 0 Å². The molecule has 0 atom stereocenters. The van der Waals surface area contributed by atoms with Crippen LogP contribution in [0.25, 0.3) is 10.9 Å². The molecule has 7 heteroatoms. The zero-order valence-corrected chi connectivity index (χ0v) is 18.9. The molecule has 0 unspecified atom stereocenters. The Labute approximate surface area is 201 Å². The van der Waals surface area contributed by atoms with Crippen molar-refractivity contribution in [3.05, 3.63) is 114 Å². The number of pyridine rings is 2. The molecule has 0 saturated carbocycles. The highest BCUT2D eigenvalue weighted by Crippen LogP contribution is 2.27. The maximum atomic E-state index is 13.7. The van der Waals surface area contributed by atoms with E-state index in [-0.39, 0.29) is 11.7 Å². The zero-order chi connectivity index (χ0) is 24.2. The monoisotopic (exact) mass is 463 g/mol. The summed E-state index contributed by atoms with van der Waals surface area (Å²) in [6.07, 6.45) is 5.10. The van der Waals surface area contributed by atoms with E-state index < -0.39 is 0 Å². The van der Waals surface area contributed by atoms with Crippen LogP contribution in [0.1, 0.15) is 15.9 Å². The molecule has 3 aromatic carbocycles. The van der Waals surface area contributed by atoms with Crippen molar-refractivity contribution < 1.29 is 9.18 Å². The highest BCUT2D eigenvalue weighted by atomic mass is 19.1. The first kappa shape index (κ1) is 22.0. The molecule has 0 aliphatic heterocycles. The van der Waals surface area contributed by atoms with Crippen molar-refractivity contribution in [3.63, 3.8) is 0 Å². The van der Waals surface area contributed by atoms with Gasteiger partial charge in [0.15, 0.2) is 0 Å². The summed E-state index contributed by atoms with van der Waals surface area (Å²) in [5, 5.41) is 10.2. The number of anilines is 5. The molecular formula is C28H22FN5O. The molecular weight excluding hydrogens is 441 g/mol. The normalized spacial score (nSPS) is 10.7. The molecule has 172 valence electrons. The van der Waals surface area contributed by atoms with Crippen molar-refractivity contribution in [1.29, 1.82) is 0 Å². The third-order valence-electron chi connectivity index (χ3n) is 5.43. The van der Waals surface area contributed by atoms with Gasteiger partial charge in [-0.2, -0.15) is 0 Å². The lowest BCUT2D eigenvalue weighted by Crippen LogP contribution is -2.12. The van der Waals surface area contributed by atoms with Gasteiger partial charge in [0, 0.05) is 58.0 Å². The van der Waals surface area contributed by atoms with Crippen LogP contribution in [-0.2, 0) is 0 Å². The lowest BCUT2D eigenvalue weighted by molar-refractivity contribution is 0.102. The van der Waals surface area contributed by atoms with E-state index in [0.29, 0.717) is 22.2 Å². The van der Waals surface area contributed by atoms with Gasteiger partial charge >= 0.3 is 0 Å². The smallest absolute Gasteiger partial charge is 0.255 e. The molecule has 0 spiro atoms. The molecule has 5 aromatic rings. The predicted octanol–water partition coefficient (Wildman–Crippen LogP) is 6.82. The number of nitrogens with one attached hydrogen (secondary N) is 3. The van der Waals surface area contributed by atoms with E-state index in [1.54, 1.807) is 42.9 Å². The molecule has 0 saturated heterocycles. The average Bonchev–Trinajstić information content (AvgIpc) is 2.85. The molecule has 0 aliphatic carbocycles. The number of amides is 1. The van der Waals surface area contributed by atoms with E-state index in [0.717, 1.165) is 28.3 Å². The van der Waals surface area contributed by atoms with Crippen LogP contribution < -0.4 is 16.0 Å². The van der Waals surface area contributed by atoms with E-state index in [1.165, 1.54) is 12.1 Å². The molecule has 2 heterocycles. The van der Waals surface area contributed by atoms with Crippen molar-refractivity contribution in [3.8, 4) is 0 Å². The van der Waals surface area contributed by atoms with Crippen molar-refractivity contribution in [2.24, 2.45) is 0 Å². The van der Waals surface area contributed by atoms with Gasteiger partial charge < -0.3 is 16.0 Å². The second-order valence-corrected chi connectivity index (χ2v) is 8.13. The number of rotatable bonds is 6. The summed E-state index contributed by atoms with van der Waals surface area (Å²) in [5.41, 5.74) is 6.22. The molecule has 2 aromatic heterocycles. The molecule has 3 N–H and O–H groups in total. The summed E-state index contributed by atoms with van der Waals surface area (Å²) < 4.78 is 13.7. The number of benzene rings is 3. The predicted molar refractivity (Wildman–Crippen MR) is 138 cm³/mol. The molecule has 1 amide bonds. The van der Waals surface area contributed by atoms with Gasteiger partial charge in [0.25, 0.3) is 5.91 Å². The summed E-state index contributed by atoms with van der Waals surface area (Å²) in [4.78, 5) is 21.2. The standard InChI is InChI=1S/C28H22FN5O/c1-18-14-23(32-22-8-11-30-12-9-22)17-24(15-18)34-28(35)19-2-5-21(6-3-19)33-27-10-13-31-26-7-4-20(29)16-25(26)27/h2-17H,1H3,(H,30,32)(H,31,33)(H,34,35). The third kappa shape index (κ3) is 5.25. The lowest BCUT2D eigenvalue weighted by Gasteiger charge is -2.12. The van der Waals surface area contributed by atoms with Crippen molar-refractivity contribution >= 4 is 45.2 Å². The van der Waals surface area contributed by atoms with Gasteiger partial charge in [-0.3, -0.25) is 14.8 Å². The third-order valence-corrected chi connectivity index (χ3v) is 5.43. The fraction of sp³-hybridized carbons (Fsp3) is 0.0357. The van der Waals surface area contributed by atoms with E-state index in [1.807, 2.05) is 49.4 Å². The van der Waals surface area contributed by atoms with E-state index >= 15 is 0 Å². The Morgan fingerprint density at radius 3 is 2.29 bits per heavy atom. The van der Waals surface area contributed by atoms with Gasteiger partial charge in [0.05, 0.1) is 5.52 Å². The minimum Gasteiger partial charge on any atom is -0.355 e. The van der Waals surface area contributed by atoms with Crippen LogP contribution in [0.4, 0.5) is 32.8 Å². The molecule has 6 nitrogen and oxygen atoms in total. The molecule has 0 aliphatic rings. The molecule has 0 radical (unpaired) electrons. The molecule has 0 bridgehead atoms. The summed E-state index contributed by atoms with van der Waals surface area (Å²) in [6.45, 7) is 1.97. The second kappa shape index (κ2) is 9.61. The van der Waals surface area contributed by atoms with Crippen LogP contribution in [0.2, 0.25) is 0 Å². The van der Waals surface area contributed by atoms with Gasteiger partial charge in [-0.25, -0.2) is 4.39 Å². The lowest BCUT2D eigenvalue weighted by atomic mass is 10.1. The molecule has 0 fully saturated rings. The number of hydrogen-bond donors (Lipinski definition) is 3. The van der Waals surface area contributed by atoms with E-state index in [2.05, 4.69) is 25.9 Å². The van der Waals surface area contributed by atoms with Gasteiger partial charge in [-0.05, 0) is 91.3 Å². The first-order valence-electron chi connectivity index (χ1n) is 11.0. The number of carbonyl (C=O) groups is 1. The number of halogens is 1. The Hall–Kier alpha value is -4.78. The molecule has 35 heavy (non-hydrogen) atoms.